The van der Waals surface area contributed by atoms with E-state index in [0.29, 0.717) is 5.92 Å². The van der Waals surface area contributed by atoms with Crippen LogP contribution >= 0.6 is 11.3 Å². The Bertz CT molecular complexity index is 1050. The van der Waals surface area contributed by atoms with Crippen LogP contribution in [0.15, 0.2) is 66.9 Å². The third-order valence-electron chi connectivity index (χ3n) is 5.21. The van der Waals surface area contributed by atoms with Crippen molar-refractivity contribution in [3.63, 3.8) is 0 Å². The summed E-state index contributed by atoms with van der Waals surface area (Å²) < 4.78 is 7.30. The van der Waals surface area contributed by atoms with Crippen LogP contribution in [0.25, 0.3) is 10.2 Å². The zero-order chi connectivity index (χ0) is 18.8. The second kappa shape index (κ2) is 7.60. The van der Waals surface area contributed by atoms with Crippen molar-refractivity contribution in [3.8, 4) is 11.6 Å². The maximum atomic E-state index is 6.12. The Morgan fingerprint density at radius 2 is 1.75 bits per heavy atom. The van der Waals surface area contributed by atoms with Crippen molar-refractivity contribution < 1.29 is 4.74 Å². The average molecular weight is 388 g/mol. The lowest BCUT2D eigenvalue weighted by molar-refractivity contribution is 0.449. The third kappa shape index (κ3) is 3.58. The van der Waals surface area contributed by atoms with E-state index in [-0.39, 0.29) is 0 Å². The van der Waals surface area contributed by atoms with Gasteiger partial charge in [0.1, 0.15) is 5.75 Å². The van der Waals surface area contributed by atoms with Crippen LogP contribution in [0.5, 0.6) is 11.6 Å². The number of para-hydroxylation sites is 1. The lowest BCUT2D eigenvalue weighted by Gasteiger charge is -2.14. The predicted molar refractivity (Wildman–Crippen MR) is 115 cm³/mol. The summed E-state index contributed by atoms with van der Waals surface area (Å²) in [6.45, 7) is 0. The highest BCUT2D eigenvalue weighted by atomic mass is 32.1. The zero-order valence-corrected chi connectivity index (χ0v) is 16.3. The van der Waals surface area contributed by atoms with Gasteiger partial charge in [-0.05, 0) is 61.2 Å². The summed E-state index contributed by atoms with van der Waals surface area (Å²) in [5, 5.41) is 4.27. The van der Waals surface area contributed by atoms with Gasteiger partial charge in [0.05, 0.1) is 10.2 Å². The Kier molecular flexibility index (Phi) is 4.67. The van der Waals surface area contributed by atoms with Gasteiger partial charge in [-0.1, -0.05) is 42.4 Å². The summed E-state index contributed by atoms with van der Waals surface area (Å²) in [5.41, 5.74) is 3.24. The van der Waals surface area contributed by atoms with Crippen LogP contribution in [-0.2, 0) is 0 Å². The number of thiazole rings is 1. The van der Waals surface area contributed by atoms with Crippen molar-refractivity contribution >= 4 is 32.4 Å². The maximum absolute atomic E-state index is 6.12. The fourth-order valence-electron chi connectivity index (χ4n) is 3.80. The molecule has 1 aliphatic rings. The summed E-state index contributed by atoms with van der Waals surface area (Å²) in [6, 6.07) is 20.3. The molecule has 0 radical (unpaired) electrons. The first-order valence-electron chi connectivity index (χ1n) is 9.70. The van der Waals surface area contributed by atoms with E-state index in [4.69, 9.17) is 4.74 Å². The zero-order valence-electron chi connectivity index (χ0n) is 15.5. The molecule has 0 saturated heterocycles. The SMILES string of the molecule is c1cnc(Oc2ccc(Nc3nc4ccccc4s3)cc2)c(C2CCCC2)c1. The molecule has 4 nitrogen and oxygen atoms in total. The van der Waals surface area contributed by atoms with Crippen LogP contribution in [0.3, 0.4) is 0 Å². The van der Waals surface area contributed by atoms with Gasteiger partial charge in [-0.25, -0.2) is 9.97 Å². The standard InChI is InChI=1S/C23H21N3OS/c1-2-7-16(6-1)19-8-5-15-24-22(19)27-18-13-11-17(12-14-18)25-23-26-20-9-3-4-10-21(20)28-23/h3-5,8-16H,1-2,6-7H2,(H,25,26). The molecule has 0 atom stereocenters. The first-order valence-corrected chi connectivity index (χ1v) is 10.5. The normalized spacial score (nSPS) is 14.4. The lowest BCUT2D eigenvalue weighted by Crippen LogP contribution is -1.99. The van der Waals surface area contributed by atoms with Crippen molar-refractivity contribution in [2.75, 3.05) is 5.32 Å². The minimum Gasteiger partial charge on any atom is -0.439 e. The van der Waals surface area contributed by atoms with Crippen LogP contribution in [-0.4, -0.2) is 9.97 Å². The van der Waals surface area contributed by atoms with Crippen LogP contribution in [0, 0.1) is 0 Å². The van der Waals surface area contributed by atoms with Gasteiger partial charge in [0.2, 0.25) is 5.88 Å². The number of rotatable bonds is 5. The second-order valence-corrected chi connectivity index (χ2v) is 8.15. The Morgan fingerprint density at radius 3 is 2.57 bits per heavy atom. The van der Waals surface area contributed by atoms with E-state index >= 15 is 0 Å². The van der Waals surface area contributed by atoms with Crippen molar-refractivity contribution in [1.29, 1.82) is 0 Å². The molecular weight excluding hydrogens is 366 g/mol. The van der Waals surface area contributed by atoms with Gasteiger partial charge in [-0.2, -0.15) is 0 Å². The summed E-state index contributed by atoms with van der Waals surface area (Å²) >= 11 is 1.65. The number of aromatic nitrogens is 2. The van der Waals surface area contributed by atoms with E-state index in [2.05, 4.69) is 27.4 Å². The molecule has 2 aromatic heterocycles. The van der Waals surface area contributed by atoms with Gasteiger partial charge >= 0.3 is 0 Å². The predicted octanol–water partition coefficient (Wildman–Crippen LogP) is 6.88. The smallest absolute Gasteiger partial charge is 0.222 e. The summed E-state index contributed by atoms with van der Waals surface area (Å²) in [7, 11) is 0. The minimum atomic E-state index is 0.573. The molecule has 0 amide bonds. The lowest BCUT2D eigenvalue weighted by atomic mass is 9.99. The van der Waals surface area contributed by atoms with E-state index in [1.807, 2.05) is 48.5 Å². The topological polar surface area (TPSA) is 47.0 Å². The largest absolute Gasteiger partial charge is 0.439 e. The number of anilines is 2. The summed E-state index contributed by atoms with van der Waals surface area (Å²) in [5.74, 6) is 2.11. The first kappa shape index (κ1) is 17.2. The Morgan fingerprint density at radius 1 is 0.929 bits per heavy atom. The quantitative estimate of drug-likeness (QED) is 0.405. The number of hydrogen-bond donors (Lipinski definition) is 1. The van der Waals surface area contributed by atoms with Crippen LogP contribution in [0.1, 0.15) is 37.2 Å². The highest BCUT2D eigenvalue weighted by Crippen LogP contribution is 2.39. The van der Waals surface area contributed by atoms with Crippen molar-refractivity contribution in [3.05, 3.63) is 72.4 Å². The second-order valence-electron chi connectivity index (χ2n) is 7.12. The van der Waals surface area contributed by atoms with Crippen LogP contribution < -0.4 is 10.1 Å². The Balaban J connectivity index is 1.32. The maximum Gasteiger partial charge on any atom is 0.222 e. The first-order chi connectivity index (χ1) is 13.8. The number of benzene rings is 2. The fraction of sp³-hybridized carbons (Fsp3) is 0.217. The molecule has 4 aromatic rings. The Labute approximate surface area is 168 Å². The molecule has 1 N–H and O–H groups in total. The molecule has 0 spiro atoms. The van der Waals surface area contributed by atoms with E-state index < -0.39 is 0 Å². The number of pyridine rings is 1. The number of fused-ring (bicyclic) bond motifs is 1. The monoisotopic (exact) mass is 387 g/mol. The summed E-state index contributed by atoms with van der Waals surface area (Å²) in [4.78, 5) is 9.11. The Hall–Kier alpha value is -2.92. The molecule has 0 aliphatic heterocycles. The van der Waals surface area contributed by atoms with Gasteiger partial charge in [-0.15, -0.1) is 0 Å². The number of ether oxygens (including phenoxy) is 1. The number of hydrogen-bond acceptors (Lipinski definition) is 5. The van der Waals surface area contributed by atoms with Crippen molar-refractivity contribution in [2.24, 2.45) is 0 Å². The minimum absolute atomic E-state index is 0.573. The van der Waals surface area contributed by atoms with E-state index in [0.717, 1.165) is 28.0 Å². The highest BCUT2D eigenvalue weighted by molar-refractivity contribution is 7.22. The van der Waals surface area contributed by atoms with E-state index in [9.17, 15) is 0 Å². The molecule has 1 aliphatic carbocycles. The number of nitrogens with one attached hydrogen (secondary N) is 1. The van der Waals surface area contributed by atoms with Crippen molar-refractivity contribution in [2.45, 2.75) is 31.6 Å². The van der Waals surface area contributed by atoms with Gasteiger partial charge in [0, 0.05) is 17.4 Å². The summed E-state index contributed by atoms with van der Waals surface area (Å²) in [6.07, 6.45) is 6.85. The molecule has 140 valence electrons. The average Bonchev–Trinajstić information content (AvgIpc) is 3.39. The molecule has 5 heteroatoms. The molecule has 2 heterocycles. The highest BCUT2D eigenvalue weighted by Gasteiger charge is 2.21. The molecule has 1 saturated carbocycles. The fourth-order valence-corrected chi connectivity index (χ4v) is 4.69. The molecule has 0 unspecified atom stereocenters. The van der Waals surface area contributed by atoms with Gasteiger partial charge < -0.3 is 10.1 Å². The van der Waals surface area contributed by atoms with E-state index in [1.54, 1.807) is 17.5 Å². The molecule has 5 rings (SSSR count). The molecule has 1 fully saturated rings. The molecule has 0 bridgehead atoms. The number of nitrogens with zero attached hydrogens (tertiary/aromatic N) is 2. The molecular formula is C23H21N3OS. The molecule has 2 aromatic carbocycles. The van der Waals surface area contributed by atoms with Crippen LogP contribution in [0.2, 0.25) is 0 Å². The third-order valence-corrected chi connectivity index (χ3v) is 6.16. The van der Waals surface area contributed by atoms with Gasteiger partial charge in [0.15, 0.2) is 5.13 Å². The van der Waals surface area contributed by atoms with Crippen molar-refractivity contribution in [1.82, 2.24) is 9.97 Å². The van der Waals surface area contributed by atoms with E-state index in [1.165, 1.54) is 35.9 Å². The van der Waals surface area contributed by atoms with Crippen LogP contribution in [0.4, 0.5) is 10.8 Å². The van der Waals surface area contributed by atoms with Gasteiger partial charge in [-0.3, -0.25) is 0 Å². The molecule has 28 heavy (non-hydrogen) atoms. The van der Waals surface area contributed by atoms with Gasteiger partial charge in [0.25, 0.3) is 0 Å².